The number of hydrogen-bond donors (Lipinski definition) is 0. The molecule has 13 aromatic carbocycles. The molecule has 0 amide bonds. The summed E-state index contributed by atoms with van der Waals surface area (Å²) < 4.78 is 7.01. The summed E-state index contributed by atoms with van der Waals surface area (Å²) in [6.07, 6.45) is 0. The third-order valence-electron chi connectivity index (χ3n) is 18.2. The largest absolute Gasteiger partial charge is 0.455 e. The highest BCUT2D eigenvalue weighted by Gasteiger charge is 2.46. The zero-order valence-electron chi connectivity index (χ0n) is 46.8. The van der Waals surface area contributed by atoms with E-state index in [1.165, 1.54) is 94.6 Å². The minimum absolute atomic E-state index is 0.294. The van der Waals surface area contributed by atoms with Crippen molar-refractivity contribution < 1.29 is 4.42 Å². The van der Waals surface area contributed by atoms with Crippen LogP contribution in [0.3, 0.4) is 0 Å². The number of anilines is 3. The summed E-state index contributed by atoms with van der Waals surface area (Å²) in [5.41, 5.74) is 28.8. The van der Waals surface area contributed by atoms with E-state index in [9.17, 15) is 0 Å². The van der Waals surface area contributed by atoms with Gasteiger partial charge in [-0.15, -0.1) is 0 Å². The molecule has 1 aromatic heterocycles. The van der Waals surface area contributed by atoms with Gasteiger partial charge in [0.25, 0.3) is 0 Å². The molecule has 1 heterocycles. The van der Waals surface area contributed by atoms with Crippen LogP contribution in [0.2, 0.25) is 0 Å². The number of hydrogen-bond acceptors (Lipinski definition) is 2. The van der Waals surface area contributed by atoms with Crippen molar-refractivity contribution in [2.24, 2.45) is 0 Å². The van der Waals surface area contributed by atoms with E-state index in [1.807, 2.05) is 0 Å². The van der Waals surface area contributed by atoms with Crippen LogP contribution in [-0.2, 0) is 10.8 Å². The number of nitrogens with zero attached hydrogens (tertiary/aromatic N) is 1. The second-order valence-electron chi connectivity index (χ2n) is 23.1. The van der Waals surface area contributed by atoms with E-state index in [0.29, 0.717) is 0 Å². The van der Waals surface area contributed by atoms with Crippen LogP contribution in [0.4, 0.5) is 17.1 Å². The predicted molar refractivity (Wildman–Crippen MR) is 350 cm³/mol. The van der Waals surface area contributed by atoms with Crippen LogP contribution in [0.1, 0.15) is 47.2 Å². The molecule has 0 bridgehead atoms. The molecule has 2 aliphatic rings. The first kappa shape index (κ1) is 49.3. The lowest BCUT2D eigenvalue weighted by molar-refractivity contribution is 0.660. The van der Waals surface area contributed by atoms with Gasteiger partial charge in [0.1, 0.15) is 11.2 Å². The van der Waals surface area contributed by atoms with Crippen molar-refractivity contribution in [2.75, 3.05) is 4.90 Å². The van der Waals surface area contributed by atoms with Gasteiger partial charge < -0.3 is 9.32 Å². The molecule has 0 saturated carbocycles. The first-order chi connectivity index (χ1) is 41.4. The molecule has 16 rings (SSSR count). The molecule has 0 unspecified atom stereocenters. The van der Waals surface area contributed by atoms with Gasteiger partial charge in [-0.1, -0.05) is 269 Å². The van der Waals surface area contributed by atoms with Crippen molar-refractivity contribution in [3.05, 3.63) is 343 Å². The lowest BCUT2D eigenvalue weighted by atomic mass is 9.67. The van der Waals surface area contributed by atoms with Crippen molar-refractivity contribution in [3.8, 4) is 77.9 Å². The molecule has 84 heavy (non-hydrogen) atoms. The monoisotopic (exact) mass is 1070 g/mol. The zero-order chi connectivity index (χ0) is 55.9. The Hall–Kier alpha value is -10.5. The van der Waals surface area contributed by atoms with Crippen LogP contribution in [0, 0.1) is 0 Å². The highest BCUT2D eigenvalue weighted by atomic mass is 16.3. The second kappa shape index (κ2) is 19.6. The minimum Gasteiger partial charge on any atom is -0.455 e. The molecule has 396 valence electrons. The van der Waals surface area contributed by atoms with Gasteiger partial charge in [0.05, 0.1) is 5.41 Å². The molecule has 2 nitrogen and oxygen atoms in total. The van der Waals surface area contributed by atoms with Crippen LogP contribution in [0.5, 0.6) is 0 Å². The number of para-hydroxylation sites is 1. The molecular formula is C82H57NO. The van der Waals surface area contributed by atoms with E-state index in [-0.39, 0.29) is 5.41 Å². The van der Waals surface area contributed by atoms with E-state index in [2.05, 4.69) is 328 Å². The lowest BCUT2D eigenvalue weighted by Crippen LogP contribution is -2.28. The lowest BCUT2D eigenvalue weighted by Gasteiger charge is -2.34. The van der Waals surface area contributed by atoms with Crippen molar-refractivity contribution >= 4 is 39.0 Å². The van der Waals surface area contributed by atoms with Crippen LogP contribution >= 0.6 is 0 Å². The molecular weight excluding hydrogens is 1010 g/mol. The normalized spacial score (nSPS) is 13.3. The third-order valence-corrected chi connectivity index (χ3v) is 18.2. The fraction of sp³-hybridized carbons (Fsp3) is 0.0488. The SMILES string of the molecule is CC1(C)c2cc(-c3ccc(-c4ccc(C5(c6ccc(-c7ccccc7)cc6)c6ccccc6-c6ccccc65)cc4)c4oc5ccccc5c34)ccc2-c2ccc(N(c3ccc(-c4ccccc4)cc3)c3ccc(-c4ccccc4)cc3)cc21. The Morgan fingerprint density at radius 3 is 1.20 bits per heavy atom. The Morgan fingerprint density at radius 2 is 0.655 bits per heavy atom. The fourth-order valence-corrected chi connectivity index (χ4v) is 14.1. The molecule has 0 spiro atoms. The van der Waals surface area contributed by atoms with E-state index in [0.717, 1.165) is 55.7 Å². The van der Waals surface area contributed by atoms with Gasteiger partial charge in [-0.2, -0.15) is 0 Å². The summed E-state index contributed by atoms with van der Waals surface area (Å²) >= 11 is 0. The highest BCUT2D eigenvalue weighted by Crippen LogP contribution is 2.57. The first-order valence-corrected chi connectivity index (χ1v) is 29.2. The van der Waals surface area contributed by atoms with Crippen LogP contribution in [0.25, 0.3) is 99.8 Å². The van der Waals surface area contributed by atoms with Crippen molar-refractivity contribution in [2.45, 2.75) is 24.7 Å². The topological polar surface area (TPSA) is 16.4 Å². The van der Waals surface area contributed by atoms with Crippen molar-refractivity contribution in [1.29, 1.82) is 0 Å². The highest BCUT2D eigenvalue weighted by molar-refractivity contribution is 6.16. The Labute approximate surface area is 490 Å². The summed E-state index contributed by atoms with van der Waals surface area (Å²) in [6, 6.07) is 114. The molecule has 14 aromatic rings. The molecule has 0 N–H and O–H groups in total. The number of rotatable bonds is 10. The van der Waals surface area contributed by atoms with Gasteiger partial charge in [0, 0.05) is 38.8 Å². The molecule has 2 heteroatoms. The van der Waals surface area contributed by atoms with Crippen molar-refractivity contribution in [3.63, 3.8) is 0 Å². The number of benzene rings is 13. The standard InChI is InChI=1S/C82H57NO/c1-81(2)76-52-61(38-48-71(76)72-49-47-66(53-77(72)81)83(64-43-34-58(35-44-64)55-20-8-4-9-21-55)65-45-36-59(37-46-65)56-22-10-5-11-23-56)67-50-51-68(80-79(67)73-26-14-17-29-78(73)84-80)60-32-41-63(42-33-60)82(62-39-30-57(31-40-62)54-18-6-3-7-19-54)74-27-15-12-24-69(74)70-25-13-16-28-75(70)82/h3-53H,1-2H3. The average molecular weight is 1070 g/mol. The van der Waals surface area contributed by atoms with E-state index >= 15 is 0 Å². The molecule has 0 radical (unpaired) electrons. The van der Waals surface area contributed by atoms with E-state index < -0.39 is 5.41 Å². The summed E-state index contributed by atoms with van der Waals surface area (Å²) in [5.74, 6) is 0. The Morgan fingerprint density at radius 1 is 0.274 bits per heavy atom. The zero-order valence-corrected chi connectivity index (χ0v) is 46.8. The van der Waals surface area contributed by atoms with Crippen LogP contribution < -0.4 is 4.90 Å². The smallest absolute Gasteiger partial charge is 0.143 e. The maximum atomic E-state index is 7.01. The predicted octanol–water partition coefficient (Wildman–Crippen LogP) is 22.1. The number of furan rings is 1. The average Bonchev–Trinajstić information content (AvgIpc) is 1.66. The fourth-order valence-electron chi connectivity index (χ4n) is 14.1. The first-order valence-electron chi connectivity index (χ1n) is 29.2. The van der Waals surface area contributed by atoms with Gasteiger partial charge >= 0.3 is 0 Å². The Balaban J connectivity index is 0.774. The molecule has 0 atom stereocenters. The van der Waals surface area contributed by atoms with Gasteiger partial charge in [-0.25, -0.2) is 0 Å². The summed E-state index contributed by atoms with van der Waals surface area (Å²) in [4.78, 5) is 2.40. The van der Waals surface area contributed by atoms with E-state index in [1.54, 1.807) is 0 Å². The summed E-state index contributed by atoms with van der Waals surface area (Å²) in [7, 11) is 0. The molecule has 0 saturated heterocycles. The van der Waals surface area contributed by atoms with Gasteiger partial charge in [-0.05, 0) is 160 Å². The summed E-state index contributed by atoms with van der Waals surface area (Å²) in [5, 5.41) is 2.24. The Bertz CT molecular complexity index is 4680. The minimum atomic E-state index is -0.522. The Kier molecular flexibility index (Phi) is 11.5. The van der Waals surface area contributed by atoms with E-state index in [4.69, 9.17) is 4.42 Å². The molecule has 0 fully saturated rings. The van der Waals surface area contributed by atoms with Gasteiger partial charge in [0.15, 0.2) is 0 Å². The number of fused-ring (bicyclic) bond motifs is 9. The van der Waals surface area contributed by atoms with Gasteiger partial charge in [0.2, 0.25) is 0 Å². The molecule has 0 aliphatic heterocycles. The quantitative estimate of drug-likeness (QED) is 0.136. The van der Waals surface area contributed by atoms with Gasteiger partial charge in [-0.3, -0.25) is 0 Å². The summed E-state index contributed by atoms with van der Waals surface area (Å²) in [6.45, 7) is 4.78. The van der Waals surface area contributed by atoms with Crippen LogP contribution in [-0.4, -0.2) is 0 Å². The molecule has 2 aliphatic carbocycles. The van der Waals surface area contributed by atoms with Crippen LogP contribution in [0.15, 0.2) is 314 Å². The van der Waals surface area contributed by atoms with Crippen molar-refractivity contribution in [1.82, 2.24) is 0 Å². The maximum absolute atomic E-state index is 7.01. The third kappa shape index (κ3) is 7.79. The second-order valence-corrected chi connectivity index (χ2v) is 23.1. The maximum Gasteiger partial charge on any atom is 0.143 e.